The number of hydrogen-bond acceptors (Lipinski definition) is 4. The summed E-state index contributed by atoms with van der Waals surface area (Å²) in [6.45, 7) is 0.701. The fourth-order valence-corrected chi connectivity index (χ4v) is 1.50. The van der Waals surface area contributed by atoms with Crippen LogP contribution < -0.4 is 10.1 Å². The molecular weight excluding hydrogens is 258 g/mol. The standard InChI is InChI=1S/C12H16ClNO4/c1-17-5-4-14-12(16)8-18-11-3-2-9(7-15)6-10(11)13/h2-3,6,15H,4-5,7-8H2,1H3,(H,14,16). The molecule has 1 amide bonds. The number of halogens is 1. The van der Waals surface area contributed by atoms with Crippen molar-refractivity contribution in [3.63, 3.8) is 0 Å². The number of aliphatic hydroxyl groups excluding tert-OH is 1. The first-order valence-electron chi connectivity index (χ1n) is 5.45. The Kier molecular flexibility index (Phi) is 6.49. The third-order valence-electron chi connectivity index (χ3n) is 2.17. The predicted octanol–water partition coefficient (Wildman–Crippen LogP) is 0.974. The van der Waals surface area contributed by atoms with Crippen LogP contribution >= 0.6 is 11.6 Å². The van der Waals surface area contributed by atoms with Crippen molar-refractivity contribution in [2.75, 3.05) is 26.9 Å². The molecule has 2 N–H and O–H groups in total. The lowest BCUT2D eigenvalue weighted by atomic mass is 10.2. The van der Waals surface area contributed by atoms with Gasteiger partial charge in [0.25, 0.3) is 5.91 Å². The zero-order chi connectivity index (χ0) is 13.4. The van der Waals surface area contributed by atoms with Crippen LogP contribution in [0.3, 0.4) is 0 Å². The zero-order valence-corrected chi connectivity index (χ0v) is 10.9. The summed E-state index contributed by atoms with van der Waals surface area (Å²) in [6.07, 6.45) is 0. The molecule has 18 heavy (non-hydrogen) atoms. The number of amides is 1. The molecule has 0 saturated carbocycles. The number of ether oxygens (including phenoxy) is 2. The summed E-state index contributed by atoms with van der Waals surface area (Å²) in [5.74, 6) is 0.171. The number of benzene rings is 1. The van der Waals surface area contributed by atoms with E-state index in [-0.39, 0.29) is 19.1 Å². The van der Waals surface area contributed by atoms with Crippen molar-refractivity contribution in [2.45, 2.75) is 6.61 Å². The van der Waals surface area contributed by atoms with Gasteiger partial charge in [0.2, 0.25) is 0 Å². The van der Waals surface area contributed by atoms with Crippen molar-refractivity contribution in [1.82, 2.24) is 5.32 Å². The lowest BCUT2D eigenvalue weighted by Gasteiger charge is -2.09. The van der Waals surface area contributed by atoms with Crippen molar-refractivity contribution >= 4 is 17.5 Å². The first kappa shape index (κ1) is 14.8. The van der Waals surface area contributed by atoms with E-state index in [1.165, 1.54) is 0 Å². The third-order valence-corrected chi connectivity index (χ3v) is 2.46. The van der Waals surface area contributed by atoms with Crippen LogP contribution in [-0.2, 0) is 16.1 Å². The monoisotopic (exact) mass is 273 g/mol. The molecule has 1 aromatic rings. The molecule has 0 atom stereocenters. The van der Waals surface area contributed by atoms with Crippen LogP contribution in [0, 0.1) is 0 Å². The van der Waals surface area contributed by atoms with E-state index in [1.54, 1.807) is 25.3 Å². The Labute approximate surface area is 111 Å². The number of methoxy groups -OCH3 is 1. The minimum Gasteiger partial charge on any atom is -0.482 e. The van der Waals surface area contributed by atoms with E-state index in [2.05, 4.69) is 5.32 Å². The molecule has 0 aromatic heterocycles. The van der Waals surface area contributed by atoms with Crippen molar-refractivity contribution < 1.29 is 19.4 Å². The molecular formula is C12H16ClNO4. The molecule has 0 aliphatic rings. The van der Waals surface area contributed by atoms with Gasteiger partial charge in [0.15, 0.2) is 6.61 Å². The van der Waals surface area contributed by atoms with Crippen LogP contribution in [0.1, 0.15) is 5.56 Å². The van der Waals surface area contributed by atoms with E-state index >= 15 is 0 Å². The van der Waals surface area contributed by atoms with E-state index in [9.17, 15) is 4.79 Å². The summed E-state index contributed by atoms with van der Waals surface area (Å²) < 4.78 is 10.1. The Hall–Kier alpha value is -1.30. The van der Waals surface area contributed by atoms with E-state index in [4.69, 9.17) is 26.2 Å². The van der Waals surface area contributed by atoms with Gasteiger partial charge in [0, 0.05) is 13.7 Å². The minimum atomic E-state index is -0.241. The Morgan fingerprint density at radius 2 is 2.28 bits per heavy atom. The number of rotatable bonds is 7. The van der Waals surface area contributed by atoms with Crippen LogP contribution in [-0.4, -0.2) is 37.9 Å². The van der Waals surface area contributed by atoms with Crippen molar-refractivity contribution in [1.29, 1.82) is 0 Å². The molecule has 0 fully saturated rings. The number of aliphatic hydroxyl groups is 1. The van der Waals surface area contributed by atoms with Gasteiger partial charge in [-0.3, -0.25) is 4.79 Å². The highest BCUT2D eigenvalue weighted by atomic mass is 35.5. The van der Waals surface area contributed by atoms with Gasteiger partial charge in [-0.1, -0.05) is 17.7 Å². The number of carbonyl (C=O) groups is 1. The summed E-state index contributed by atoms with van der Waals surface area (Å²) in [5.41, 5.74) is 0.692. The van der Waals surface area contributed by atoms with Gasteiger partial charge in [0.05, 0.1) is 18.2 Å². The minimum absolute atomic E-state index is 0.0858. The van der Waals surface area contributed by atoms with Gasteiger partial charge in [-0.05, 0) is 17.7 Å². The number of carbonyl (C=O) groups excluding carboxylic acids is 1. The second-order valence-electron chi connectivity index (χ2n) is 3.55. The number of nitrogens with one attached hydrogen (secondary N) is 1. The SMILES string of the molecule is COCCNC(=O)COc1ccc(CO)cc1Cl. The topological polar surface area (TPSA) is 67.8 Å². The molecule has 0 spiro atoms. The molecule has 5 nitrogen and oxygen atoms in total. The van der Waals surface area contributed by atoms with Crippen LogP contribution in [0.15, 0.2) is 18.2 Å². The first-order chi connectivity index (χ1) is 8.67. The maximum Gasteiger partial charge on any atom is 0.258 e. The van der Waals surface area contributed by atoms with Crippen molar-refractivity contribution in [2.24, 2.45) is 0 Å². The maximum atomic E-state index is 11.4. The highest BCUT2D eigenvalue weighted by Gasteiger charge is 2.06. The van der Waals surface area contributed by atoms with Crippen LogP contribution in [0.4, 0.5) is 0 Å². The lowest BCUT2D eigenvalue weighted by molar-refractivity contribution is -0.123. The van der Waals surface area contributed by atoms with Crippen molar-refractivity contribution in [3.05, 3.63) is 28.8 Å². The summed E-state index contributed by atoms with van der Waals surface area (Å²) in [5, 5.41) is 11.9. The average molecular weight is 274 g/mol. The number of hydrogen-bond donors (Lipinski definition) is 2. The van der Waals surface area contributed by atoms with Gasteiger partial charge in [-0.15, -0.1) is 0 Å². The summed E-state index contributed by atoms with van der Waals surface area (Å²) in [6, 6.07) is 4.90. The highest BCUT2D eigenvalue weighted by Crippen LogP contribution is 2.25. The smallest absolute Gasteiger partial charge is 0.258 e. The summed E-state index contributed by atoms with van der Waals surface area (Å²) in [4.78, 5) is 11.4. The van der Waals surface area contributed by atoms with E-state index in [0.717, 1.165) is 0 Å². The fraction of sp³-hybridized carbons (Fsp3) is 0.417. The third kappa shape index (κ3) is 4.91. The average Bonchev–Trinajstić information content (AvgIpc) is 2.37. The molecule has 0 aliphatic carbocycles. The zero-order valence-electron chi connectivity index (χ0n) is 10.1. The van der Waals surface area contributed by atoms with Gasteiger partial charge >= 0.3 is 0 Å². The molecule has 0 heterocycles. The molecule has 100 valence electrons. The van der Waals surface area contributed by atoms with Crippen molar-refractivity contribution in [3.8, 4) is 5.75 Å². The van der Waals surface area contributed by atoms with Gasteiger partial charge < -0.3 is 19.9 Å². The molecule has 0 radical (unpaired) electrons. The van der Waals surface area contributed by atoms with Crippen LogP contribution in [0.5, 0.6) is 5.75 Å². The Bertz CT molecular complexity index is 398. The molecule has 0 saturated heterocycles. The molecule has 0 aliphatic heterocycles. The van der Waals surface area contributed by atoms with E-state index in [1.807, 2.05) is 0 Å². The summed E-state index contributed by atoms with van der Waals surface area (Å²) in [7, 11) is 1.56. The fourth-order valence-electron chi connectivity index (χ4n) is 1.25. The van der Waals surface area contributed by atoms with Gasteiger partial charge in [-0.25, -0.2) is 0 Å². The normalized spacial score (nSPS) is 10.2. The molecule has 0 bridgehead atoms. The van der Waals surface area contributed by atoms with E-state index < -0.39 is 0 Å². The van der Waals surface area contributed by atoms with Gasteiger partial charge in [-0.2, -0.15) is 0 Å². The first-order valence-corrected chi connectivity index (χ1v) is 5.83. The molecule has 1 aromatic carbocycles. The lowest BCUT2D eigenvalue weighted by Crippen LogP contribution is -2.31. The molecule has 1 rings (SSSR count). The Balaban J connectivity index is 2.41. The second kappa shape index (κ2) is 7.92. The maximum absolute atomic E-state index is 11.4. The van der Waals surface area contributed by atoms with Crippen LogP contribution in [0.2, 0.25) is 5.02 Å². The largest absolute Gasteiger partial charge is 0.482 e. The molecule has 0 unspecified atom stereocenters. The summed E-state index contributed by atoms with van der Waals surface area (Å²) >= 11 is 5.93. The van der Waals surface area contributed by atoms with Gasteiger partial charge in [0.1, 0.15) is 5.75 Å². The predicted molar refractivity (Wildman–Crippen MR) is 67.8 cm³/mol. The quantitative estimate of drug-likeness (QED) is 0.727. The Morgan fingerprint density at radius 1 is 1.50 bits per heavy atom. The van der Waals surface area contributed by atoms with E-state index in [0.29, 0.717) is 29.5 Å². The highest BCUT2D eigenvalue weighted by molar-refractivity contribution is 6.32. The van der Waals surface area contributed by atoms with Crippen LogP contribution in [0.25, 0.3) is 0 Å². The molecule has 6 heteroatoms. The Morgan fingerprint density at radius 3 is 2.89 bits per heavy atom. The second-order valence-corrected chi connectivity index (χ2v) is 3.96.